The standard InChI is InChI=1S/C19H30BNO4/c1-5-6-7-20(24)21(10-14(17(22)11-21)18(23)25-20)16-9-13-8-15(12(16)2)19(13,3)4/h6-7,12-16,24H,5,8-11H2,1-4H3/b7-6+/t12-,13+,14?,15?,16?,20?,21-/m1/s1. The second-order valence-electron chi connectivity index (χ2n) is 9.52. The molecule has 25 heavy (non-hydrogen) atoms. The van der Waals surface area contributed by atoms with Gasteiger partial charge in [0.1, 0.15) is 6.54 Å². The molecule has 4 unspecified atom stereocenters. The molecule has 6 heteroatoms. The van der Waals surface area contributed by atoms with Crippen LogP contribution in [0.25, 0.3) is 0 Å². The van der Waals surface area contributed by atoms with E-state index in [1.165, 1.54) is 6.42 Å². The van der Waals surface area contributed by atoms with Crippen molar-refractivity contribution in [2.45, 2.75) is 53.0 Å². The fourth-order valence-electron chi connectivity index (χ4n) is 6.60. The number of Topliss-reactive ketones (excluding diaryl/α,β-unsaturated/α-hetero) is 1. The monoisotopic (exact) mass is 347 g/mol. The molecule has 2 aliphatic heterocycles. The van der Waals surface area contributed by atoms with E-state index in [4.69, 9.17) is 4.65 Å². The average Bonchev–Trinajstić information content (AvgIpc) is 2.88. The van der Waals surface area contributed by atoms with Crippen molar-refractivity contribution in [3.05, 3.63) is 12.1 Å². The molecule has 2 saturated heterocycles. The van der Waals surface area contributed by atoms with Crippen LogP contribution in [-0.2, 0) is 14.2 Å². The van der Waals surface area contributed by atoms with Crippen LogP contribution in [0.2, 0.25) is 0 Å². The van der Waals surface area contributed by atoms with Crippen molar-refractivity contribution in [3.63, 3.8) is 0 Å². The third-order valence-electron chi connectivity index (χ3n) is 8.27. The molecule has 2 heterocycles. The summed E-state index contributed by atoms with van der Waals surface area (Å²) in [5.41, 5.74) is 0.341. The maximum Gasteiger partial charge on any atom is 0.548 e. The summed E-state index contributed by atoms with van der Waals surface area (Å²) in [5.74, 6) is 2.07. The molecule has 138 valence electrons. The van der Waals surface area contributed by atoms with Crippen LogP contribution in [0.5, 0.6) is 0 Å². The van der Waals surface area contributed by atoms with Crippen molar-refractivity contribution in [3.8, 4) is 0 Å². The van der Waals surface area contributed by atoms with Gasteiger partial charge in [0.25, 0.3) is 5.97 Å². The number of carbonyl (C=O) groups is 2. The van der Waals surface area contributed by atoms with Gasteiger partial charge >= 0.3 is 6.69 Å². The lowest BCUT2D eigenvalue weighted by molar-refractivity contribution is -0.870. The molecular weight excluding hydrogens is 317 g/mol. The van der Waals surface area contributed by atoms with Gasteiger partial charge in [-0.1, -0.05) is 27.7 Å². The van der Waals surface area contributed by atoms with Gasteiger partial charge in [0.15, 0.2) is 5.92 Å². The van der Waals surface area contributed by atoms with E-state index in [-0.39, 0.29) is 22.8 Å². The molecule has 5 nitrogen and oxygen atoms in total. The largest absolute Gasteiger partial charge is 0.611 e. The first-order valence-corrected chi connectivity index (χ1v) is 9.83. The topological polar surface area (TPSA) is 63.6 Å². The molecule has 0 spiro atoms. The number of hydrogen-bond acceptors (Lipinski definition) is 4. The van der Waals surface area contributed by atoms with Crippen LogP contribution < -0.4 is 0 Å². The number of hydrogen-bond donors (Lipinski definition) is 1. The van der Waals surface area contributed by atoms with Gasteiger partial charge in [-0.15, -0.1) is 12.1 Å². The highest BCUT2D eigenvalue weighted by atomic mass is 16.6. The van der Waals surface area contributed by atoms with E-state index in [1.54, 1.807) is 5.98 Å². The van der Waals surface area contributed by atoms with Gasteiger partial charge in [-0.05, 0) is 36.5 Å². The van der Waals surface area contributed by atoms with Gasteiger partial charge in [0, 0.05) is 5.92 Å². The van der Waals surface area contributed by atoms with E-state index in [2.05, 4.69) is 20.8 Å². The summed E-state index contributed by atoms with van der Waals surface area (Å²) < 4.78 is 5.84. The number of quaternary nitrogens is 1. The maximum atomic E-state index is 12.6. The Bertz CT molecular complexity index is 662. The predicted octanol–water partition coefficient (Wildman–Crippen LogP) is 2.07. The third-order valence-corrected chi connectivity index (χ3v) is 8.27. The number of allylic oxidation sites excluding steroid dienone is 1. The van der Waals surface area contributed by atoms with E-state index in [0.29, 0.717) is 29.7 Å². The van der Waals surface area contributed by atoms with Crippen molar-refractivity contribution in [1.29, 1.82) is 0 Å². The van der Waals surface area contributed by atoms with Crippen LogP contribution in [0, 0.1) is 29.1 Å². The van der Waals surface area contributed by atoms with Gasteiger partial charge in [0.2, 0.25) is 5.78 Å². The quantitative estimate of drug-likeness (QED) is 0.627. The molecule has 7 atom stereocenters. The Labute approximate surface area is 150 Å². The lowest BCUT2D eigenvalue weighted by Gasteiger charge is -2.68. The van der Waals surface area contributed by atoms with Gasteiger partial charge in [0.05, 0.1) is 12.6 Å². The maximum absolute atomic E-state index is 12.6. The fraction of sp³-hybridized carbons (Fsp3) is 0.789. The van der Waals surface area contributed by atoms with Crippen molar-refractivity contribution < 1.29 is 23.7 Å². The van der Waals surface area contributed by atoms with E-state index < -0.39 is 18.6 Å². The molecule has 3 saturated carbocycles. The number of carbonyl (C=O) groups excluding carboxylic acids is 2. The van der Waals surface area contributed by atoms with Crippen LogP contribution in [0.4, 0.5) is 0 Å². The third kappa shape index (κ3) is 2.04. The van der Waals surface area contributed by atoms with Crippen LogP contribution in [0.1, 0.15) is 47.0 Å². The molecule has 5 rings (SSSR count). The molecule has 0 aromatic carbocycles. The molecule has 0 amide bonds. The molecule has 4 bridgehead atoms. The van der Waals surface area contributed by atoms with Crippen molar-refractivity contribution >= 4 is 18.4 Å². The van der Waals surface area contributed by atoms with Crippen LogP contribution in [-0.4, -0.2) is 47.0 Å². The number of nitrogens with zero attached hydrogens (tertiary/aromatic N) is 1. The van der Waals surface area contributed by atoms with Gasteiger partial charge in [-0.3, -0.25) is 9.59 Å². The summed E-state index contributed by atoms with van der Waals surface area (Å²) in [6.07, 6.45) is 4.89. The fourth-order valence-corrected chi connectivity index (χ4v) is 6.60. The number of ketones is 1. The Balaban J connectivity index is 1.76. The summed E-state index contributed by atoms with van der Waals surface area (Å²) in [7, 11) is 0. The molecule has 0 radical (unpaired) electrons. The Kier molecular flexibility index (Phi) is 3.59. The molecular formula is C19H30BNO4. The molecule has 3 aliphatic carbocycles. The van der Waals surface area contributed by atoms with Gasteiger partial charge < -0.3 is 14.1 Å². The van der Waals surface area contributed by atoms with Crippen LogP contribution in [0.3, 0.4) is 0 Å². The Morgan fingerprint density at radius 3 is 2.68 bits per heavy atom. The first-order valence-electron chi connectivity index (χ1n) is 9.83. The highest BCUT2D eigenvalue weighted by Crippen LogP contribution is 2.63. The minimum atomic E-state index is -2.51. The molecule has 1 N–H and O–H groups in total. The molecule has 0 aromatic heterocycles. The van der Waals surface area contributed by atoms with E-state index >= 15 is 0 Å². The second kappa shape index (κ2) is 5.20. The predicted molar refractivity (Wildman–Crippen MR) is 94.9 cm³/mol. The summed E-state index contributed by atoms with van der Waals surface area (Å²) in [6.45, 7) is 7.09. The normalized spacial score (nSPS) is 50.7. The summed E-state index contributed by atoms with van der Waals surface area (Å²) in [4.78, 5) is 24.9. The van der Waals surface area contributed by atoms with E-state index in [9.17, 15) is 14.6 Å². The van der Waals surface area contributed by atoms with Crippen LogP contribution in [0.15, 0.2) is 12.1 Å². The minimum Gasteiger partial charge on any atom is -0.611 e. The summed E-state index contributed by atoms with van der Waals surface area (Å²) >= 11 is 0. The van der Waals surface area contributed by atoms with Crippen molar-refractivity contribution in [2.75, 3.05) is 13.1 Å². The van der Waals surface area contributed by atoms with Crippen molar-refractivity contribution in [1.82, 2.24) is 0 Å². The smallest absolute Gasteiger partial charge is 0.548 e. The first kappa shape index (κ1) is 17.3. The summed E-state index contributed by atoms with van der Waals surface area (Å²) in [5, 5.41) is 11.5. The van der Waals surface area contributed by atoms with Crippen LogP contribution >= 0.6 is 0 Å². The summed E-state index contributed by atoms with van der Waals surface area (Å²) in [6, 6.07) is 0.185. The molecule has 0 aromatic rings. The Morgan fingerprint density at radius 2 is 2.08 bits per heavy atom. The molecule has 5 fully saturated rings. The zero-order valence-electron chi connectivity index (χ0n) is 15.8. The van der Waals surface area contributed by atoms with E-state index in [1.807, 2.05) is 13.0 Å². The van der Waals surface area contributed by atoms with Gasteiger partial charge in [-0.25, -0.2) is 0 Å². The second-order valence-corrected chi connectivity index (χ2v) is 9.52. The van der Waals surface area contributed by atoms with Gasteiger partial charge in [-0.2, -0.15) is 0 Å². The van der Waals surface area contributed by atoms with Crippen molar-refractivity contribution in [2.24, 2.45) is 29.1 Å². The number of rotatable bonds is 3. The first-order chi connectivity index (χ1) is 11.7. The SMILES string of the molecule is CC/C=C/[B-]1(O)OC(=O)C2C[N@+]1(C1C[C@@H]3CC([C@H]1C)C3(C)C)CC2=O. The molecule has 5 aliphatic rings. The number of fused-ring (bicyclic) bond motifs is 5. The average molecular weight is 347 g/mol. The zero-order chi connectivity index (χ0) is 18.2. The highest BCUT2D eigenvalue weighted by Gasteiger charge is 2.69. The lowest BCUT2D eigenvalue weighted by Crippen LogP contribution is -2.79. The highest BCUT2D eigenvalue weighted by molar-refractivity contribution is 6.66. The zero-order valence-corrected chi connectivity index (χ0v) is 15.8. The minimum absolute atomic E-state index is 0.0570. The Hall–Kier alpha value is -1.14. The van der Waals surface area contributed by atoms with E-state index in [0.717, 1.165) is 12.8 Å². The lowest BCUT2D eigenvalue weighted by atomic mass is 9.43. The Morgan fingerprint density at radius 1 is 1.36 bits per heavy atom.